The number of nitrogens with zero attached hydrogens (tertiary/aromatic N) is 1. The molecule has 124 valence electrons. The summed E-state index contributed by atoms with van der Waals surface area (Å²) in [6.07, 6.45) is 6.19. The van der Waals surface area contributed by atoms with Gasteiger partial charge in [-0.05, 0) is 43.7 Å². The van der Waals surface area contributed by atoms with Gasteiger partial charge in [-0.2, -0.15) is 0 Å². The van der Waals surface area contributed by atoms with Crippen molar-refractivity contribution in [1.29, 1.82) is 0 Å². The summed E-state index contributed by atoms with van der Waals surface area (Å²) in [5.74, 6) is 1.93. The predicted octanol–water partition coefficient (Wildman–Crippen LogP) is 3.02. The number of hydrogen-bond donors (Lipinski definition) is 0. The molecule has 1 saturated carbocycles. The molecule has 0 aromatic heterocycles. The fourth-order valence-electron chi connectivity index (χ4n) is 3.78. The monoisotopic (exact) mass is 315 g/mol. The third-order valence-corrected chi connectivity index (χ3v) is 5.41. The van der Waals surface area contributed by atoms with E-state index in [0.29, 0.717) is 18.4 Å². The Morgan fingerprint density at radius 2 is 1.96 bits per heavy atom. The van der Waals surface area contributed by atoms with E-state index >= 15 is 0 Å². The topological polar surface area (TPSA) is 38.8 Å². The van der Waals surface area contributed by atoms with Gasteiger partial charge in [-0.25, -0.2) is 0 Å². The second-order valence-electron chi connectivity index (χ2n) is 7.28. The quantitative estimate of drug-likeness (QED) is 0.857. The number of carbonyl (C=O) groups excluding carboxylic acids is 1. The smallest absolute Gasteiger partial charge is 0.222 e. The number of piperidine rings is 1. The second-order valence-corrected chi connectivity index (χ2v) is 7.28. The first-order valence-corrected chi connectivity index (χ1v) is 8.86. The van der Waals surface area contributed by atoms with Crippen molar-refractivity contribution in [2.45, 2.75) is 50.2 Å². The second kappa shape index (κ2) is 6.16. The van der Waals surface area contributed by atoms with Crippen molar-refractivity contribution in [3.05, 3.63) is 30.3 Å². The molecular formula is C19H25NO3. The average molecular weight is 315 g/mol. The van der Waals surface area contributed by atoms with Crippen LogP contribution in [-0.4, -0.2) is 42.2 Å². The van der Waals surface area contributed by atoms with Crippen LogP contribution in [0, 0.1) is 5.92 Å². The van der Waals surface area contributed by atoms with Crippen molar-refractivity contribution in [3.63, 3.8) is 0 Å². The van der Waals surface area contributed by atoms with Gasteiger partial charge in [0.15, 0.2) is 0 Å². The van der Waals surface area contributed by atoms with Crippen LogP contribution >= 0.6 is 0 Å². The molecule has 1 aromatic carbocycles. The molecule has 4 nitrogen and oxygen atoms in total. The van der Waals surface area contributed by atoms with Gasteiger partial charge < -0.3 is 14.4 Å². The Labute approximate surface area is 137 Å². The van der Waals surface area contributed by atoms with Crippen molar-refractivity contribution in [2.24, 2.45) is 5.92 Å². The van der Waals surface area contributed by atoms with Crippen LogP contribution in [0.2, 0.25) is 0 Å². The van der Waals surface area contributed by atoms with Gasteiger partial charge in [-0.1, -0.05) is 18.2 Å². The number of para-hydroxylation sites is 1. The predicted molar refractivity (Wildman–Crippen MR) is 87.3 cm³/mol. The van der Waals surface area contributed by atoms with Crippen molar-refractivity contribution in [3.8, 4) is 5.75 Å². The lowest BCUT2D eigenvalue weighted by molar-refractivity contribution is -0.136. The van der Waals surface area contributed by atoms with Crippen LogP contribution in [-0.2, 0) is 9.53 Å². The SMILES string of the molecule is O=C(CC1CC1)N1CCC2(CC1)C[C@H](Oc1ccccc1)CO2. The summed E-state index contributed by atoms with van der Waals surface area (Å²) in [6.45, 7) is 2.33. The lowest BCUT2D eigenvalue weighted by Gasteiger charge is -2.38. The molecule has 1 aliphatic carbocycles. The van der Waals surface area contributed by atoms with Gasteiger partial charge in [0.1, 0.15) is 11.9 Å². The molecule has 1 atom stereocenters. The number of rotatable bonds is 4. The molecule has 4 rings (SSSR count). The molecule has 2 aliphatic heterocycles. The maximum atomic E-state index is 12.2. The minimum absolute atomic E-state index is 0.0736. The van der Waals surface area contributed by atoms with Crippen molar-refractivity contribution in [1.82, 2.24) is 4.90 Å². The van der Waals surface area contributed by atoms with E-state index in [1.54, 1.807) is 0 Å². The van der Waals surface area contributed by atoms with E-state index in [4.69, 9.17) is 9.47 Å². The van der Waals surface area contributed by atoms with Crippen molar-refractivity contribution < 1.29 is 14.3 Å². The average Bonchev–Trinajstić information content (AvgIpc) is 3.31. The summed E-state index contributed by atoms with van der Waals surface area (Å²) in [5.41, 5.74) is -0.0736. The fraction of sp³-hybridized carbons (Fsp3) is 0.632. The molecule has 4 heteroatoms. The Morgan fingerprint density at radius 1 is 1.22 bits per heavy atom. The zero-order chi connectivity index (χ0) is 15.7. The van der Waals surface area contributed by atoms with Crippen LogP contribution in [0.5, 0.6) is 5.75 Å². The molecule has 2 saturated heterocycles. The largest absolute Gasteiger partial charge is 0.488 e. The third-order valence-electron chi connectivity index (χ3n) is 5.41. The van der Waals surface area contributed by atoms with E-state index in [1.165, 1.54) is 12.8 Å². The molecule has 0 bridgehead atoms. The number of ether oxygens (including phenoxy) is 2. The molecule has 3 aliphatic rings. The first-order valence-electron chi connectivity index (χ1n) is 8.86. The van der Waals surface area contributed by atoms with Crippen LogP contribution in [0.3, 0.4) is 0 Å². The summed E-state index contributed by atoms with van der Waals surface area (Å²) in [7, 11) is 0. The standard InChI is InChI=1S/C19H25NO3/c21-18(12-15-6-7-15)20-10-8-19(9-11-20)13-17(14-22-19)23-16-4-2-1-3-5-16/h1-5,15,17H,6-14H2/t17-/m0/s1. The lowest BCUT2D eigenvalue weighted by atomic mass is 9.88. The first-order chi connectivity index (χ1) is 11.2. The van der Waals surface area contributed by atoms with Crippen molar-refractivity contribution in [2.75, 3.05) is 19.7 Å². The van der Waals surface area contributed by atoms with E-state index in [-0.39, 0.29) is 11.7 Å². The third kappa shape index (κ3) is 3.52. The van der Waals surface area contributed by atoms with Gasteiger partial charge in [0, 0.05) is 25.9 Å². The Kier molecular flexibility index (Phi) is 4.02. The van der Waals surface area contributed by atoms with Gasteiger partial charge in [-0.3, -0.25) is 4.79 Å². The normalized spacial score (nSPS) is 26.4. The Bertz CT molecular complexity index is 547. The summed E-state index contributed by atoms with van der Waals surface area (Å²) < 4.78 is 12.2. The number of benzene rings is 1. The Balaban J connectivity index is 1.28. The highest BCUT2D eigenvalue weighted by Crippen LogP contribution is 2.38. The maximum Gasteiger partial charge on any atom is 0.222 e. The highest BCUT2D eigenvalue weighted by molar-refractivity contribution is 5.76. The lowest BCUT2D eigenvalue weighted by Crippen LogP contribution is -2.46. The van der Waals surface area contributed by atoms with E-state index in [1.807, 2.05) is 35.2 Å². The number of amides is 1. The minimum atomic E-state index is -0.0736. The number of carbonyl (C=O) groups is 1. The van der Waals surface area contributed by atoms with Crippen LogP contribution in [0.1, 0.15) is 38.5 Å². The molecule has 0 radical (unpaired) electrons. The van der Waals surface area contributed by atoms with Gasteiger partial charge >= 0.3 is 0 Å². The molecule has 0 unspecified atom stereocenters. The minimum Gasteiger partial charge on any atom is -0.488 e. The van der Waals surface area contributed by atoms with Gasteiger partial charge in [0.2, 0.25) is 5.91 Å². The fourth-order valence-corrected chi connectivity index (χ4v) is 3.78. The molecule has 0 N–H and O–H groups in total. The Hall–Kier alpha value is -1.55. The zero-order valence-electron chi connectivity index (χ0n) is 13.6. The summed E-state index contributed by atoms with van der Waals surface area (Å²) in [4.78, 5) is 14.3. The molecule has 2 heterocycles. The first kappa shape index (κ1) is 15.0. The highest BCUT2D eigenvalue weighted by Gasteiger charge is 2.44. The highest BCUT2D eigenvalue weighted by atomic mass is 16.6. The molecule has 23 heavy (non-hydrogen) atoms. The van der Waals surface area contributed by atoms with Crippen LogP contribution < -0.4 is 4.74 Å². The Morgan fingerprint density at radius 3 is 2.65 bits per heavy atom. The van der Waals surface area contributed by atoms with Gasteiger partial charge in [-0.15, -0.1) is 0 Å². The molecular weight excluding hydrogens is 290 g/mol. The number of hydrogen-bond acceptors (Lipinski definition) is 3. The van der Waals surface area contributed by atoms with Crippen LogP contribution in [0.25, 0.3) is 0 Å². The van der Waals surface area contributed by atoms with Crippen LogP contribution in [0.4, 0.5) is 0 Å². The van der Waals surface area contributed by atoms with E-state index in [2.05, 4.69) is 0 Å². The van der Waals surface area contributed by atoms with E-state index in [0.717, 1.165) is 44.5 Å². The van der Waals surface area contributed by atoms with E-state index < -0.39 is 0 Å². The van der Waals surface area contributed by atoms with Gasteiger partial charge in [0.25, 0.3) is 0 Å². The van der Waals surface area contributed by atoms with E-state index in [9.17, 15) is 4.79 Å². The molecule has 1 aromatic rings. The summed E-state index contributed by atoms with van der Waals surface area (Å²) >= 11 is 0. The maximum absolute atomic E-state index is 12.2. The number of likely N-dealkylation sites (tertiary alicyclic amines) is 1. The molecule has 1 spiro atoms. The molecule has 1 amide bonds. The molecule has 3 fully saturated rings. The summed E-state index contributed by atoms with van der Waals surface area (Å²) in [5, 5.41) is 0. The zero-order valence-corrected chi connectivity index (χ0v) is 13.6. The van der Waals surface area contributed by atoms with Crippen molar-refractivity contribution >= 4 is 5.91 Å². The van der Waals surface area contributed by atoms with Gasteiger partial charge in [0.05, 0.1) is 12.2 Å². The summed E-state index contributed by atoms with van der Waals surface area (Å²) in [6, 6.07) is 9.96. The van der Waals surface area contributed by atoms with Crippen LogP contribution in [0.15, 0.2) is 30.3 Å².